The Hall–Kier alpha value is -2.08. The van der Waals surface area contributed by atoms with Crippen LogP contribution in [0, 0.1) is 0 Å². The molecule has 0 bridgehead atoms. The van der Waals surface area contributed by atoms with Crippen LogP contribution in [-0.4, -0.2) is 54.4 Å². The molecule has 1 aromatic rings. The molecule has 21 heavy (non-hydrogen) atoms. The largest absolute Gasteiger partial charge is 0.496 e. The van der Waals surface area contributed by atoms with Crippen molar-refractivity contribution in [2.75, 3.05) is 26.7 Å². The van der Waals surface area contributed by atoms with E-state index >= 15 is 0 Å². The quantitative estimate of drug-likeness (QED) is 0.860. The summed E-state index contributed by atoms with van der Waals surface area (Å²) >= 11 is 0. The van der Waals surface area contributed by atoms with Crippen molar-refractivity contribution in [3.05, 3.63) is 29.8 Å². The number of carbonyl (C=O) groups excluding carboxylic acids is 2. The maximum Gasteiger partial charge on any atom is 0.241 e. The zero-order chi connectivity index (χ0) is 15.4. The number of carbonyl (C=O) groups is 2. The normalized spacial score (nSPS) is 19.3. The molecule has 0 aromatic heterocycles. The molecule has 0 aliphatic carbocycles. The minimum absolute atomic E-state index is 0.115. The van der Waals surface area contributed by atoms with Crippen molar-refractivity contribution in [1.29, 1.82) is 0 Å². The number of piperazine rings is 1. The highest BCUT2D eigenvalue weighted by molar-refractivity contribution is 5.86. The first-order valence-corrected chi connectivity index (χ1v) is 6.93. The minimum atomic E-state index is -0.564. The first kappa shape index (κ1) is 15.3. The van der Waals surface area contributed by atoms with Crippen LogP contribution in [0.3, 0.4) is 0 Å². The van der Waals surface area contributed by atoms with Crippen LogP contribution >= 0.6 is 0 Å². The van der Waals surface area contributed by atoms with Crippen molar-refractivity contribution in [2.45, 2.75) is 19.5 Å². The lowest BCUT2D eigenvalue weighted by Crippen LogP contribution is -2.59. The van der Waals surface area contributed by atoms with Gasteiger partial charge in [0.05, 0.1) is 7.11 Å². The second kappa shape index (κ2) is 6.58. The second-order valence-corrected chi connectivity index (χ2v) is 5.18. The maximum absolute atomic E-state index is 11.6. The average Bonchev–Trinajstić information content (AvgIpc) is 2.47. The van der Waals surface area contributed by atoms with Crippen LogP contribution in [-0.2, 0) is 16.1 Å². The molecule has 6 heteroatoms. The van der Waals surface area contributed by atoms with Crippen molar-refractivity contribution in [3.8, 4) is 5.75 Å². The fourth-order valence-electron chi connectivity index (χ4n) is 2.68. The Balaban J connectivity index is 2.09. The van der Waals surface area contributed by atoms with E-state index in [0.29, 0.717) is 26.2 Å². The van der Waals surface area contributed by atoms with Gasteiger partial charge < -0.3 is 15.4 Å². The van der Waals surface area contributed by atoms with Gasteiger partial charge >= 0.3 is 0 Å². The molecule has 1 fully saturated rings. The van der Waals surface area contributed by atoms with Gasteiger partial charge in [-0.15, -0.1) is 0 Å². The van der Waals surface area contributed by atoms with Crippen LogP contribution in [0.2, 0.25) is 0 Å². The first-order valence-electron chi connectivity index (χ1n) is 6.93. The number of primary amides is 1. The van der Waals surface area contributed by atoms with E-state index in [1.54, 1.807) is 12.0 Å². The lowest BCUT2D eigenvalue weighted by Gasteiger charge is -2.39. The Morgan fingerprint density at radius 1 is 1.33 bits per heavy atom. The molecule has 1 heterocycles. The number of methoxy groups -OCH3 is 1. The van der Waals surface area contributed by atoms with Gasteiger partial charge in [0.2, 0.25) is 11.8 Å². The standard InChI is InChI=1S/C15H21N3O3/c1-11(19)18-8-7-17(10-13(18)15(16)20)9-12-5-3-4-6-14(12)21-2/h3-6,13H,7-10H2,1-2H3,(H2,16,20)/t13-/m0/s1. The van der Waals surface area contributed by atoms with Gasteiger partial charge in [0.15, 0.2) is 0 Å². The Morgan fingerprint density at radius 3 is 2.67 bits per heavy atom. The Bertz CT molecular complexity index is 533. The van der Waals surface area contributed by atoms with Crippen LogP contribution in [0.15, 0.2) is 24.3 Å². The summed E-state index contributed by atoms with van der Waals surface area (Å²) in [6.07, 6.45) is 0. The van der Waals surface area contributed by atoms with E-state index in [2.05, 4.69) is 4.90 Å². The molecule has 1 atom stereocenters. The zero-order valence-corrected chi connectivity index (χ0v) is 12.4. The van der Waals surface area contributed by atoms with E-state index in [-0.39, 0.29) is 5.91 Å². The molecule has 6 nitrogen and oxygen atoms in total. The van der Waals surface area contributed by atoms with E-state index in [9.17, 15) is 9.59 Å². The summed E-state index contributed by atoms with van der Waals surface area (Å²) in [7, 11) is 1.64. The molecule has 0 saturated carbocycles. The number of hydrogen-bond acceptors (Lipinski definition) is 4. The van der Waals surface area contributed by atoms with Crippen molar-refractivity contribution < 1.29 is 14.3 Å². The fraction of sp³-hybridized carbons (Fsp3) is 0.467. The summed E-state index contributed by atoms with van der Waals surface area (Å²) in [6, 6.07) is 7.21. The van der Waals surface area contributed by atoms with Gasteiger partial charge in [0.1, 0.15) is 11.8 Å². The third kappa shape index (κ3) is 3.52. The lowest BCUT2D eigenvalue weighted by molar-refractivity contribution is -0.141. The van der Waals surface area contributed by atoms with Gasteiger partial charge in [0.25, 0.3) is 0 Å². The van der Waals surface area contributed by atoms with Gasteiger partial charge in [0, 0.05) is 38.7 Å². The highest BCUT2D eigenvalue weighted by atomic mass is 16.5. The summed E-state index contributed by atoms with van der Waals surface area (Å²) in [4.78, 5) is 26.8. The van der Waals surface area contributed by atoms with Crippen molar-refractivity contribution in [3.63, 3.8) is 0 Å². The minimum Gasteiger partial charge on any atom is -0.496 e. The number of ether oxygens (including phenoxy) is 1. The molecule has 1 aromatic carbocycles. The Labute approximate surface area is 124 Å². The summed E-state index contributed by atoms with van der Waals surface area (Å²) in [5.41, 5.74) is 6.48. The van der Waals surface area contributed by atoms with Gasteiger partial charge in [-0.3, -0.25) is 14.5 Å². The van der Waals surface area contributed by atoms with Crippen molar-refractivity contribution in [1.82, 2.24) is 9.80 Å². The van der Waals surface area contributed by atoms with Gasteiger partial charge in [-0.25, -0.2) is 0 Å². The van der Waals surface area contributed by atoms with Crippen molar-refractivity contribution in [2.24, 2.45) is 5.73 Å². The number of para-hydroxylation sites is 1. The molecule has 2 amide bonds. The summed E-state index contributed by atoms with van der Waals surface area (Å²) < 4.78 is 5.34. The molecule has 0 unspecified atom stereocenters. The molecule has 2 rings (SSSR count). The van der Waals surface area contributed by atoms with Gasteiger partial charge in [-0.05, 0) is 6.07 Å². The molecular formula is C15H21N3O3. The SMILES string of the molecule is COc1ccccc1CN1CCN(C(C)=O)[C@H](C(N)=O)C1. The maximum atomic E-state index is 11.6. The van der Waals surface area contributed by atoms with Gasteiger partial charge in [-0.1, -0.05) is 18.2 Å². The van der Waals surface area contributed by atoms with E-state index < -0.39 is 11.9 Å². The van der Waals surface area contributed by atoms with Crippen molar-refractivity contribution >= 4 is 11.8 Å². The Morgan fingerprint density at radius 2 is 2.05 bits per heavy atom. The third-order valence-electron chi connectivity index (χ3n) is 3.78. The molecule has 2 N–H and O–H groups in total. The number of rotatable bonds is 4. The smallest absolute Gasteiger partial charge is 0.241 e. The molecular weight excluding hydrogens is 270 g/mol. The summed E-state index contributed by atoms with van der Waals surface area (Å²) in [5, 5.41) is 0. The number of nitrogens with two attached hydrogens (primary N) is 1. The van der Waals surface area contributed by atoms with E-state index in [4.69, 9.17) is 10.5 Å². The van der Waals surface area contributed by atoms with E-state index in [1.165, 1.54) is 6.92 Å². The van der Waals surface area contributed by atoms with Crippen LogP contribution in [0.4, 0.5) is 0 Å². The van der Waals surface area contributed by atoms with Crippen LogP contribution in [0.25, 0.3) is 0 Å². The third-order valence-corrected chi connectivity index (χ3v) is 3.78. The predicted octanol–water partition coefficient (Wildman–Crippen LogP) is 0.213. The topological polar surface area (TPSA) is 75.9 Å². The van der Waals surface area contributed by atoms with E-state index in [1.807, 2.05) is 24.3 Å². The molecule has 0 radical (unpaired) electrons. The second-order valence-electron chi connectivity index (χ2n) is 5.18. The fourth-order valence-corrected chi connectivity index (χ4v) is 2.68. The molecule has 114 valence electrons. The number of nitrogens with zero attached hydrogens (tertiary/aromatic N) is 2. The highest BCUT2D eigenvalue weighted by Crippen LogP contribution is 2.21. The Kier molecular flexibility index (Phi) is 4.80. The molecule has 1 saturated heterocycles. The molecule has 1 aliphatic heterocycles. The predicted molar refractivity (Wildman–Crippen MR) is 78.6 cm³/mol. The molecule has 0 spiro atoms. The highest BCUT2D eigenvalue weighted by Gasteiger charge is 2.32. The number of hydrogen-bond donors (Lipinski definition) is 1. The lowest BCUT2D eigenvalue weighted by atomic mass is 10.1. The number of benzene rings is 1. The first-order chi connectivity index (χ1) is 10.0. The molecule has 1 aliphatic rings. The van der Waals surface area contributed by atoms with Gasteiger partial charge in [-0.2, -0.15) is 0 Å². The van der Waals surface area contributed by atoms with Crippen LogP contribution < -0.4 is 10.5 Å². The average molecular weight is 291 g/mol. The van der Waals surface area contributed by atoms with Crippen LogP contribution in [0.1, 0.15) is 12.5 Å². The summed E-state index contributed by atoms with van der Waals surface area (Å²) in [5.74, 6) is 0.243. The van der Waals surface area contributed by atoms with Crippen LogP contribution in [0.5, 0.6) is 5.75 Å². The zero-order valence-electron chi connectivity index (χ0n) is 12.4. The number of amides is 2. The summed E-state index contributed by atoms with van der Waals surface area (Å²) in [6.45, 7) is 3.80. The monoisotopic (exact) mass is 291 g/mol. The van der Waals surface area contributed by atoms with E-state index in [0.717, 1.165) is 11.3 Å².